The molecule has 4 heterocycles. The lowest BCUT2D eigenvalue weighted by Gasteiger charge is -2.28. The second-order valence-corrected chi connectivity index (χ2v) is 8.21. The van der Waals surface area contributed by atoms with Crippen LogP contribution in [-0.4, -0.2) is 60.3 Å². The first-order valence-electron chi connectivity index (χ1n) is 8.65. The Balaban J connectivity index is 1.33. The third kappa shape index (κ3) is 4.41. The van der Waals surface area contributed by atoms with Crippen molar-refractivity contribution >= 4 is 34.7 Å². The van der Waals surface area contributed by atoms with Gasteiger partial charge in [0, 0.05) is 49.8 Å². The van der Waals surface area contributed by atoms with E-state index < -0.39 is 0 Å². The third-order valence-electron chi connectivity index (χ3n) is 4.59. The number of morpholine rings is 1. The molecule has 2 fully saturated rings. The quantitative estimate of drug-likeness (QED) is 0.862. The molecule has 0 amide bonds. The van der Waals surface area contributed by atoms with Gasteiger partial charge in [-0.25, -0.2) is 4.98 Å². The van der Waals surface area contributed by atoms with Gasteiger partial charge in [0.25, 0.3) is 0 Å². The minimum atomic E-state index is 0.385. The summed E-state index contributed by atoms with van der Waals surface area (Å²) in [5.41, 5.74) is 0. The number of aromatic nitrogens is 2. The molecule has 2 saturated heterocycles. The molecular weight excluding hydrogens is 358 g/mol. The van der Waals surface area contributed by atoms with Gasteiger partial charge in [-0.15, -0.1) is 11.3 Å². The Labute approximate surface area is 156 Å². The first-order valence-corrected chi connectivity index (χ1v) is 9.84. The fourth-order valence-electron chi connectivity index (χ4n) is 3.32. The predicted octanol–water partition coefficient (Wildman–Crippen LogP) is 2.71. The summed E-state index contributed by atoms with van der Waals surface area (Å²) >= 11 is 7.68. The Kier molecular flexibility index (Phi) is 5.36. The molecule has 2 aromatic heterocycles. The van der Waals surface area contributed by atoms with Crippen molar-refractivity contribution < 1.29 is 4.74 Å². The molecule has 134 valence electrons. The van der Waals surface area contributed by atoms with E-state index in [1.54, 1.807) is 11.3 Å². The molecule has 2 aliphatic heterocycles. The van der Waals surface area contributed by atoms with Gasteiger partial charge in [-0.3, -0.25) is 4.90 Å². The molecule has 0 aliphatic carbocycles. The SMILES string of the molecule is Clc1ccc(CN2CCC(Nc3nccc(N4CCOCC4)n3)C2)s1. The molecule has 2 aliphatic rings. The van der Waals surface area contributed by atoms with Crippen LogP contribution >= 0.6 is 22.9 Å². The van der Waals surface area contributed by atoms with Crippen LogP contribution in [0.5, 0.6) is 0 Å². The summed E-state index contributed by atoms with van der Waals surface area (Å²) in [6, 6.07) is 6.44. The zero-order valence-corrected chi connectivity index (χ0v) is 15.6. The van der Waals surface area contributed by atoms with E-state index in [-0.39, 0.29) is 0 Å². The molecule has 8 heteroatoms. The Hall–Kier alpha value is -1.41. The maximum atomic E-state index is 6.02. The first-order chi connectivity index (χ1) is 12.3. The van der Waals surface area contributed by atoms with Crippen molar-refractivity contribution in [3.63, 3.8) is 0 Å². The lowest BCUT2D eigenvalue weighted by atomic mass is 10.3. The van der Waals surface area contributed by atoms with Gasteiger partial charge in [-0.2, -0.15) is 4.98 Å². The largest absolute Gasteiger partial charge is 0.378 e. The average Bonchev–Trinajstić information content (AvgIpc) is 3.25. The molecule has 1 N–H and O–H groups in total. The monoisotopic (exact) mass is 379 g/mol. The van der Waals surface area contributed by atoms with Gasteiger partial charge in [0.1, 0.15) is 5.82 Å². The van der Waals surface area contributed by atoms with E-state index >= 15 is 0 Å². The molecule has 4 rings (SSSR count). The number of thiophene rings is 1. The van der Waals surface area contributed by atoms with Crippen LogP contribution in [0.15, 0.2) is 24.4 Å². The number of likely N-dealkylation sites (tertiary alicyclic amines) is 1. The molecular formula is C17H22ClN5OS. The van der Waals surface area contributed by atoms with Crippen LogP contribution in [0.2, 0.25) is 4.34 Å². The summed E-state index contributed by atoms with van der Waals surface area (Å²) in [7, 11) is 0. The lowest BCUT2D eigenvalue weighted by Crippen LogP contribution is -2.37. The van der Waals surface area contributed by atoms with Crippen LogP contribution in [0.1, 0.15) is 11.3 Å². The van der Waals surface area contributed by atoms with Gasteiger partial charge in [0.05, 0.1) is 17.6 Å². The number of nitrogens with one attached hydrogen (secondary N) is 1. The highest BCUT2D eigenvalue weighted by molar-refractivity contribution is 7.16. The highest BCUT2D eigenvalue weighted by atomic mass is 35.5. The Morgan fingerprint density at radius 2 is 2.12 bits per heavy atom. The standard InChI is InChI=1S/C17H22ClN5OS/c18-15-2-1-14(25-15)12-22-6-4-13(11-22)20-17-19-5-3-16(21-17)23-7-9-24-10-8-23/h1-3,5,13H,4,6-12H2,(H,19,20,21). The normalized spacial score (nSPS) is 21.6. The molecule has 25 heavy (non-hydrogen) atoms. The maximum absolute atomic E-state index is 6.02. The second-order valence-electron chi connectivity index (χ2n) is 6.41. The Morgan fingerprint density at radius 3 is 2.92 bits per heavy atom. The van der Waals surface area contributed by atoms with Crippen molar-refractivity contribution in [2.75, 3.05) is 49.6 Å². The number of nitrogens with zero attached hydrogens (tertiary/aromatic N) is 4. The average molecular weight is 380 g/mol. The van der Waals surface area contributed by atoms with E-state index in [4.69, 9.17) is 16.3 Å². The lowest BCUT2D eigenvalue weighted by molar-refractivity contribution is 0.122. The fraction of sp³-hybridized carbons (Fsp3) is 0.529. The molecule has 0 radical (unpaired) electrons. The van der Waals surface area contributed by atoms with Crippen molar-refractivity contribution in [3.05, 3.63) is 33.6 Å². The van der Waals surface area contributed by atoms with Crippen molar-refractivity contribution in [3.8, 4) is 0 Å². The van der Waals surface area contributed by atoms with Gasteiger partial charge in [0.2, 0.25) is 5.95 Å². The molecule has 0 spiro atoms. The van der Waals surface area contributed by atoms with Crippen LogP contribution in [0, 0.1) is 0 Å². The highest BCUT2D eigenvalue weighted by Gasteiger charge is 2.23. The van der Waals surface area contributed by atoms with E-state index in [2.05, 4.69) is 31.2 Å². The van der Waals surface area contributed by atoms with Crippen LogP contribution in [-0.2, 0) is 11.3 Å². The summed E-state index contributed by atoms with van der Waals surface area (Å²) in [5.74, 6) is 1.69. The van der Waals surface area contributed by atoms with E-state index in [9.17, 15) is 0 Å². The van der Waals surface area contributed by atoms with Crippen molar-refractivity contribution in [2.24, 2.45) is 0 Å². The fourth-order valence-corrected chi connectivity index (χ4v) is 4.45. The minimum absolute atomic E-state index is 0.385. The molecule has 0 saturated carbocycles. The predicted molar refractivity (Wildman–Crippen MR) is 102 cm³/mol. The van der Waals surface area contributed by atoms with Gasteiger partial charge in [-0.1, -0.05) is 11.6 Å². The topological polar surface area (TPSA) is 53.5 Å². The summed E-state index contributed by atoms with van der Waals surface area (Å²) < 4.78 is 6.27. The number of hydrogen-bond donors (Lipinski definition) is 1. The first kappa shape index (κ1) is 17.0. The Morgan fingerprint density at radius 1 is 1.24 bits per heavy atom. The van der Waals surface area contributed by atoms with Crippen molar-refractivity contribution in [2.45, 2.75) is 19.0 Å². The molecule has 1 atom stereocenters. The minimum Gasteiger partial charge on any atom is -0.378 e. The van der Waals surface area contributed by atoms with Gasteiger partial charge < -0.3 is 15.0 Å². The molecule has 1 unspecified atom stereocenters. The number of halogens is 1. The van der Waals surface area contributed by atoms with E-state index in [0.29, 0.717) is 6.04 Å². The summed E-state index contributed by atoms with van der Waals surface area (Å²) in [6.45, 7) is 6.34. The van der Waals surface area contributed by atoms with Gasteiger partial charge in [-0.05, 0) is 24.6 Å². The number of anilines is 2. The molecule has 6 nitrogen and oxygen atoms in total. The smallest absolute Gasteiger partial charge is 0.224 e. The Bertz CT molecular complexity index is 706. The van der Waals surface area contributed by atoms with Crippen LogP contribution < -0.4 is 10.2 Å². The number of hydrogen-bond acceptors (Lipinski definition) is 7. The zero-order valence-electron chi connectivity index (χ0n) is 14.0. The van der Waals surface area contributed by atoms with Gasteiger partial charge in [0.15, 0.2) is 0 Å². The number of rotatable bonds is 5. The van der Waals surface area contributed by atoms with Crippen LogP contribution in [0.25, 0.3) is 0 Å². The van der Waals surface area contributed by atoms with Crippen LogP contribution in [0.4, 0.5) is 11.8 Å². The maximum Gasteiger partial charge on any atom is 0.224 e. The molecule has 0 aromatic carbocycles. The molecule has 2 aromatic rings. The second kappa shape index (κ2) is 7.86. The van der Waals surface area contributed by atoms with Crippen LogP contribution in [0.3, 0.4) is 0 Å². The third-order valence-corrected chi connectivity index (χ3v) is 5.81. The summed E-state index contributed by atoms with van der Waals surface area (Å²) in [5, 5.41) is 3.50. The highest BCUT2D eigenvalue weighted by Crippen LogP contribution is 2.24. The summed E-state index contributed by atoms with van der Waals surface area (Å²) in [6.07, 6.45) is 2.94. The van der Waals surface area contributed by atoms with E-state index in [1.807, 2.05) is 18.3 Å². The van der Waals surface area contributed by atoms with Gasteiger partial charge >= 0.3 is 0 Å². The van der Waals surface area contributed by atoms with E-state index in [0.717, 1.165) is 68.5 Å². The van der Waals surface area contributed by atoms with Crippen molar-refractivity contribution in [1.82, 2.24) is 14.9 Å². The van der Waals surface area contributed by atoms with E-state index in [1.165, 1.54) is 4.88 Å². The summed E-state index contributed by atoms with van der Waals surface area (Å²) in [4.78, 5) is 15.1. The zero-order chi connectivity index (χ0) is 17.1. The number of ether oxygens (including phenoxy) is 1. The molecule has 0 bridgehead atoms. The van der Waals surface area contributed by atoms with Crippen molar-refractivity contribution in [1.29, 1.82) is 0 Å².